The molecule has 1 N–H and O–H groups in total. The molecule has 0 heterocycles. The first-order valence-electron chi connectivity index (χ1n) is 6.29. The molecule has 0 saturated carbocycles. The molecule has 4 nitrogen and oxygen atoms in total. The number of nitro benzene ring substituents is 1. The number of hydrogen-bond donors (Lipinski definition) is 1. The second kappa shape index (κ2) is 6.14. The molecule has 0 aliphatic heterocycles. The van der Waals surface area contributed by atoms with E-state index < -0.39 is 4.92 Å². The summed E-state index contributed by atoms with van der Waals surface area (Å²) in [6, 6.07) is 11.5. The first-order chi connectivity index (χ1) is 9.56. The number of anilines is 1. The van der Waals surface area contributed by atoms with Crippen molar-refractivity contribution in [3.05, 3.63) is 69.5 Å². The molecule has 2 aromatic rings. The van der Waals surface area contributed by atoms with Crippen molar-refractivity contribution in [2.75, 3.05) is 11.9 Å². The molecule has 5 heteroatoms. The molecule has 0 saturated heterocycles. The Morgan fingerprint density at radius 3 is 2.50 bits per heavy atom. The molecule has 0 aromatic heterocycles. The van der Waals surface area contributed by atoms with Crippen LogP contribution in [-0.2, 0) is 6.42 Å². The lowest BCUT2D eigenvalue weighted by molar-refractivity contribution is -0.384. The lowest BCUT2D eigenvalue weighted by Gasteiger charge is -2.07. The molecular formula is C15H15FN2O2. The number of nitrogens with zero attached hydrogens (tertiary/aromatic N) is 1. The summed E-state index contributed by atoms with van der Waals surface area (Å²) in [7, 11) is 0. The van der Waals surface area contributed by atoms with E-state index in [-0.39, 0.29) is 11.5 Å². The first kappa shape index (κ1) is 14.0. The van der Waals surface area contributed by atoms with Crippen LogP contribution in [0.4, 0.5) is 15.8 Å². The van der Waals surface area contributed by atoms with Crippen molar-refractivity contribution in [3.8, 4) is 0 Å². The van der Waals surface area contributed by atoms with Gasteiger partial charge in [-0.25, -0.2) is 4.39 Å². The monoisotopic (exact) mass is 274 g/mol. The van der Waals surface area contributed by atoms with Gasteiger partial charge < -0.3 is 5.32 Å². The Labute approximate surface area is 116 Å². The van der Waals surface area contributed by atoms with Gasteiger partial charge in [0.05, 0.1) is 4.92 Å². The highest BCUT2D eigenvalue weighted by Gasteiger charge is 2.04. The predicted molar refractivity (Wildman–Crippen MR) is 76.4 cm³/mol. The average Bonchev–Trinajstić information content (AvgIpc) is 2.43. The van der Waals surface area contributed by atoms with Gasteiger partial charge in [0.25, 0.3) is 5.69 Å². The van der Waals surface area contributed by atoms with E-state index in [0.29, 0.717) is 18.5 Å². The topological polar surface area (TPSA) is 55.2 Å². The fraction of sp³-hybridized carbons (Fsp3) is 0.200. The number of non-ortho nitro benzene ring substituents is 1. The van der Waals surface area contributed by atoms with E-state index in [9.17, 15) is 14.5 Å². The van der Waals surface area contributed by atoms with E-state index in [0.717, 1.165) is 11.3 Å². The second-order valence-corrected chi connectivity index (χ2v) is 4.56. The smallest absolute Gasteiger partial charge is 0.269 e. The fourth-order valence-electron chi connectivity index (χ4n) is 1.84. The van der Waals surface area contributed by atoms with Crippen LogP contribution in [0.3, 0.4) is 0 Å². The number of aryl methyl sites for hydroxylation is 1. The number of rotatable bonds is 5. The van der Waals surface area contributed by atoms with Gasteiger partial charge in [0, 0.05) is 24.4 Å². The quantitative estimate of drug-likeness (QED) is 0.668. The van der Waals surface area contributed by atoms with Gasteiger partial charge in [0.1, 0.15) is 5.82 Å². The summed E-state index contributed by atoms with van der Waals surface area (Å²) in [5.41, 5.74) is 2.43. The van der Waals surface area contributed by atoms with Gasteiger partial charge in [-0.3, -0.25) is 10.1 Å². The van der Waals surface area contributed by atoms with Gasteiger partial charge in [0.2, 0.25) is 0 Å². The third kappa shape index (κ3) is 3.54. The number of halogens is 1. The van der Waals surface area contributed by atoms with Gasteiger partial charge >= 0.3 is 0 Å². The fourth-order valence-corrected chi connectivity index (χ4v) is 1.84. The van der Waals surface area contributed by atoms with Crippen molar-refractivity contribution in [1.82, 2.24) is 0 Å². The maximum Gasteiger partial charge on any atom is 0.269 e. The van der Waals surface area contributed by atoms with E-state index >= 15 is 0 Å². The minimum Gasteiger partial charge on any atom is -0.385 e. The van der Waals surface area contributed by atoms with Crippen LogP contribution in [0.15, 0.2) is 42.5 Å². The van der Waals surface area contributed by atoms with Gasteiger partial charge in [-0.2, -0.15) is 0 Å². The number of nitrogens with one attached hydrogen (secondary N) is 1. The molecule has 2 aromatic carbocycles. The van der Waals surface area contributed by atoms with Crippen molar-refractivity contribution in [1.29, 1.82) is 0 Å². The lowest BCUT2D eigenvalue weighted by Crippen LogP contribution is -2.05. The molecule has 20 heavy (non-hydrogen) atoms. The lowest BCUT2D eigenvalue weighted by atomic mass is 10.1. The summed E-state index contributed by atoms with van der Waals surface area (Å²) in [6.45, 7) is 2.36. The van der Waals surface area contributed by atoms with Crippen molar-refractivity contribution in [3.63, 3.8) is 0 Å². The van der Waals surface area contributed by atoms with Crippen LogP contribution in [0, 0.1) is 22.9 Å². The average molecular weight is 274 g/mol. The van der Waals surface area contributed by atoms with E-state index in [2.05, 4.69) is 5.32 Å². The maximum atomic E-state index is 13.3. The summed E-state index contributed by atoms with van der Waals surface area (Å²) in [6.07, 6.45) is 0.716. The van der Waals surface area contributed by atoms with Gasteiger partial charge in [0.15, 0.2) is 0 Å². The molecule has 0 unspecified atom stereocenters. The summed E-state index contributed by atoms with van der Waals surface area (Å²) in [4.78, 5) is 10.1. The molecule has 0 atom stereocenters. The molecule has 0 bridgehead atoms. The summed E-state index contributed by atoms with van der Waals surface area (Å²) in [5, 5.41) is 13.7. The summed E-state index contributed by atoms with van der Waals surface area (Å²) < 4.78 is 13.3. The first-order valence-corrected chi connectivity index (χ1v) is 6.29. The van der Waals surface area contributed by atoms with Crippen LogP contribution in [0.1, 0.15) is 11.1 Å². The Balaban J connectivity index is 1.89. The van der Waals surface area contributed by atoms with Crippen molar-refractivity contribution >= 4 is 11.4 Å². The minimum absolute atomic E-state index is 0.0855. The Morgan fingerprint density at radius 1 is 1.20 bits per heavy atom. The normalized spacial score (nSPS) is 10.3. The Morgan fingerprint density at radius 2 is 1.90 bits per heavy atom. The molecule has 0 fully saturated rings. The number of nitro groups is 1. The highest BCUT2D eigenvalue weighted by molar-refractivity contribution is 5.45. The van der Waals surface area contributed by atoms with Gasteiger partial charge in [-0.1, -0.05) is 18.2 Å². The molecule has 0 aliphatic rings. The zero-order valence-electron chi connectivity index (χ0n) is 11.1. The van der Waals surface area contributed by atoms with Crippen LogP contribution in [0.2, 0.25) is 0 Å². The number of benzene rings is 2. The van der Waals surface area contributed by atoms with Crippen molar-refractivity contribution < 1.29 is 9.31 Å². The molecule has 0 amide bonds. The van der Waals surface area contributed by atoms with Gasteiger partial charge in [-0.05, 0) is 36.6 Å². The largest absolute Gasteiger partial charge is 0.385 e. The van der Waals surface area contributed by atoms with Gasteiger partial charge in [-0.15, -0.1) is 0 Å². The van der Waals surface area contributed by atoms with Crippen LogP contribution < -0.4 is 5.32 Å². The minimum atomic E-state index is -0.420. The Kier molecular flexibility index (Phi) is 4.30. The van der Waals surface area contributed by atoms with E-state index in [1.54, 1.807) is 25.1 Å². The highest BCUT2D eigenvalue weighted by Crippen LogP contribution is 2.15. The second-order valence-electron chi connectivity index (χ2n) is 4.56. The third-order valence-electron chi connectivity index (χ3n) is 3.06. The molecule has 0 radical (unpaired) electrons. The number of hydrogen-bond acceptors (Lipinski definition) is 3. The summed E-state index contributed by atoms with van der Waals surface area (Å²) in [5.74, 6) is -0.231. The zero-order valence-corrected chi connectivity index (χ0v) is 11.1. The van der Waals surface area contributed by atoms with Crippen molar-refractivity contribution in [2.45, 2.75) is 13.3 Å². The molecular weight excluding hydrogens is 259 g/mol. The van der Waals surface area contributed by atoms with Crippen LogP contribution >= 0.6 is 0 Å². The van der Waals surface area contributed by atoms with Crippen LogP contribution in [-0.4, -0.2) is 11.5 Å². The van der Waals surface area contributed by atoms with E-state index in [4.69, 9.17) is 0 Å². The van der Waals surface area contributed by atoms with Crippen molar-refractivity contribution in [2.24, 2.45) is 0 Å². The molecule has 0 spiro atoms. The summed E-state index contributed by atoms with van der Waals surface area (Å²) >= 11 is 0. The zero-order chi connectivity index (χ0) is 14.5. The third-order valence-corrected chi connectivity index (χ3v) is 3.06. The standard InChI is InChI=1S/C15H15FN2O2/c1-11-2-5-13(10-15(11)16)17-9-8-12-3-6-14(7-4-12)18(19)20/h2-7,10,17H,8-9H2,1H3. The van der Waals surface area contributed by atoms with Crippen LogP contribution in [0.5, 0.6) is 0 Å². The molecule has 2 rings (SSSR count). The van der Waals surface area contributed by atoms with E-state index in [1.165, 1.54) is 18.2 Å². The predicted octanol–water partition coefficient (Wildman–Crippen LogP) is 3.70. The highest BCUT2D eigenvalue weighted by atomic mass is 19.1. The molecule has 104 valence electrons. The Hall–Kier alpha value is -2.43. The Bertz CT molecular complexity index is 612. The SMILES string of the molecule is Cc1ccc(NCCc2ccc([N+](=O)[O-])cc2)cc1F. The van der Waals surface area contributed by atoms with E-state index in [1.807, 2.05) is 6.07 Å². The maximum absolute atomic E-state index is 13.3. The molecule has 0 aliphatic carbocycles. The van der Waals surface area contributed by atoms with Crippen LogP contribution in [0.25, 0.3) is 0 Å².